The number of aromatic nitrogens is 4. The van der Waals surface area contributed by atoms with Gasteiger partial charge in [-0.2, -0.15) is 25.3 Å². The normalized spacial score (nSPS) is 20.0. The summed E-state index contributed by atoms with van der Waals surface area (Å²) in [5.74, 6) is -3.46. The zero-order chi connectivity index (χ0) is 74.0. The van der Waals surface area contributed by atoms with Gasteiger partial charge in [0, 0.05) is 116 Å². The number of aromatic carboxylic acids is 1. The van der Waals surface area contributed by atoms with Gasteiger partial charge in [0.15, 0.2) is 16.6 Å². The summed E-state index contributed by atoms with van der Waals surface area (Å²) >= 11 is 3.17. The molecular formula is C75H93N11O14S3. The summed E-state index contributed by atoms with van der Waals surface area (Å²) in [6.07, 6.45) is 10.8. The van der Waals surface area contributed by atoms with Gasteiger partial charge < -0.3 is 36.0 Å². The van der Waals surface area contributed by atoms with Crippen LogP contribution >= 0.6 is 23.1 Å². The Bertz CT molecular complexity index is 4280. The van der Waals surface area contributed by atoms with E-state index in [0.717, 1.165) is 64.0 Å². The van der Waals surface area contributed by atoms with Crippen LogP contribution in [0.2, 0.25) is 0 Å². The average molecular weight is 1470 g/mol. The topological polar surface area (TPSA) is 353 Å². The number of urea groups is 1. The molecule has 28 heteroatoms. The number of thiazole rings is 1. The first-order chi connectivity index (χ1) is 48.9. The highest BCUT2D eigenvalue weighted by molar-refractivity contribution is 8.00. The first-order valence-corrected chi connectivity index (χ1v) is 38.7. The molecule has 7 amide bonds. The summed E-state index contributed by atoms with van der Waals surface area (Å²) < 4.78 is 42.6. The fourth-order valence-corrected chi connectivity index (χ4v) is 19.3. The molecule has 0 saturated heterocycles. The Kier molecular flexibility index (Phi) is 24.8. The molecule has 2 bridgehead atoms. The van der Waals surface area contributed by atoms with Crippen LogP contribution in [0.15, 0.2) is 97.2 Å². The number of carbonyl (C=O) groups is 9. The predicted molar refractivity (Wildman–Crippen MR) is 394 cm³/mol. The van der Waals surface area contributed by atoms with Crippen LogP contribution in [0.3, 0.4) is 0 Å². The number of ketones is 2. The van der Waals surface area contributed by atoms with Crippen molar-refractivity contribution in [1.82, 2.24) is 40.2 Å². The van der Waals surface area contributed by atoms with E-state index in [1.165, 1.54) is 28.4 Å². The van der Waals surface area contributed by atoms with Crippen molar-refractivity contribution in [2.75, 3.05) is 54.4 Å². The number of anilines is 2. The fraction of sp³-hybridized carbons (Fsp3) is 0.493. The molecule has 2 saturated carbocycles. The second-order valence-electron chi connectivity index (χ2n) is 29.3. The number of imide groups is 1. The number of amides is 7. The number of carboxylic acids is 1. The van der Waals surface area contributed by atoms with E-state index in [-0.39, 0.29) is 115 Å². The van der Waals surface area contributed by atoms with Crippen LogP contribution in [0, 0.1) is 35.5 Å². The predicted octanol–water partition coefficient (Wildman–Crippen LogP) is 10.8. The molecule has 0 radical (unpaired) electrons. The maximum atomic E-state index is 14.0. The molecule has 7 N–H and O–H groups in total. The van der Waals surface area contributed by atoms with Gasteiger partial charge in [-0.25, -0.2) is 24.4 Å². The van der Waals surface area contributed by atoms with Crippen LogP contribution in [-0.4, -0.2) is 156 Å². The standard InChI is InChI=1S/C75H93N11O14S3/c1-47(2)56(37-53(87)15-8-7-11-30-85-64(89)26-27-65(85)90)68(92)79-59(18-13-29-77-70(76)95)61(88)36-50-20-22-51(23-21-50)42-100-72(96)83(33-35-103(97,98)99)32-34-101-75-39-48(3)38-73(5,44-75)43-74(6,45-75)46-86-49(4)57(40-78-86)54-24-25-63(81-66(54)69(93)94)84-31-28-52-14-12-16-55(58(52)41-84)67(91)82-71-80-60-17-9-10-19-62(60)102-71/h9-10,12,14,16-17,19-27,40,47-48,56,59H,7-8,11,13,15,18,28-39,41-46H2,1-6H3,(H,79,92)(H,93,94)(H3,76,77,95)(H,80,82,91)(H,97,98,99)/t48?,56-,59-,73?,74?,75?/m0/s1. The number of fused-ring (bicyclic) bond motifs is 4. The van der Waals surface area contributed by atoms with Crippen LogP contribution < -0.4 is 26.6 Å². The number of ether oxygens (including phenoxy) is 1. The lowest BCUT2D eigenvalue weighted by Crippen LogP contribution is -2.52. The van der Waals surface area contributed by atoms with Gasteiger partial charge in [-0.05, 0) is 146 Å². The Hall–Kier alpha value is -8.86. The van der Waals surface area contributed by atoms with Crippen LogP contribution in [0.25, 0.3) is 21.3 Å². The van der Waals surface area contributed by atoms with Gasteiger partial charge in [-0.3, -0.25) is 48.2 Å². The molecule has 103 heavy (non-hydrogen) atoms. The average Bonchev–Trinajstić information content (AvgIpc) is 0.901. The zero-order valence-corrected chi connectivity index (χ0v) is 61.7. The second-order valence-corrected chi connectivity index (χ2v) is 33.4. The first-order valence-electron chi connectivity index (χ1n) is 35.2. The molecule has 4 unspecified atom stereocenters. The summed E-state index contributed by atoms with van der Waals surface area (Å²) in [5, 5.41) is 24.5. The van der Waals surface area contributed by atoms with Gasteiger partial charge in [0.05, 0.1) is 28.2 Å². The van der Waals surface area contributed by atoms with Gasteiger partial charge in [-0.1, -0.05) is 101 Å². The minimum Gasteiger partial charge on any atom is -0.476 e. The van der Waals surface area contributed by atoms with E-state index >= 15 is 0 Å². The van der Waals surface area contributed by atoms with Crippen LogP contribution in [0.4, 0.5) is 20.5 Å². The molecule has 2 aliphatic heterocycles. The summed E-state index contributed by atoms with van der Waals surface area (Å²) in [7, 11) is -4.47. The Morgan fingerprint density at radius 1 is 0.874 bits per heavy atom. The van der Waals surface area contributed by atoms with Crippen molar-refractivity contribution in [3.8, 4) is 11.1 Å². The van der Waals surface area contributed by atoms with Crippen molar-refractivity contribution in [2.45, 2.75) is 162 Å². The lowest BCUT2D eigenvalue weighted by atomic mass is 9.52. The number of hydrogen-bond donors (Lipinski definition) is 6. The van der Waals surface area contributed by atoms with Gasteiger partial charge in [0.25, 0.3) is 27.8 Å². The molecule has 3 aromatic heterocycles. The third-order valence-electron chi connectivity index (χ3n) is 20.2. The Labute approximate surface area is 608 Å². The lowest BCUT2D eigenvalue weighted by molar-refractivity contribution is -0.137. The SMILES string of the molecule is Cc1c(-c2ccc(N3CCc4cccc(C(=O)Nc5nc6ccccc6s5)c4C3)nc2C(=O)O)cnn1CC1(C)CC2(C)CC(C)CC(SCCN(CCS(=O)(=O)O)C(=O)OCc3ccc(CC(=O)[C@H](CCCNC(N)=O)NC(=O)[C@@H](CC(=O)CCCCCN4C(=O)C=CC4=O)C(C)C)cc3)(C2)C1. The number of benzene rings is 3. The Morgan fingerprint density at radius 3 is 2.34 bits per heavy atom. The Balaban J connectivity index is 0.745. The second kappa shape index (κ2) is 33.3. The highest BCUT2D eigenvalue weighted by atomic mass is 32.2. The number of carboxylic acid groups (broad SMARTS) is 1. The maximum absolute atomic E-state index is 14.0. The van der Waals surface area contributed by atoms with Crippen LogP contribution in [0.1, 0.15) is 160 Å². The van der Waals surface area contributed by atoms with Crippen molar-refractivity contribution in [3.63, 3.8) is 0 Å². The van der Waals surface area contributed by atoms with E-state index in [0.29, 0.717) is 102 Å². The molecule has 25 nitrogen and oxygen atoms in total. The number of carbonyl (C=O) groups excluding carboxylic acids is 8. The monoisotopic (exact) mass is 1470 g/mol. The molecule has 2 fully saturated rings. The maximum Gasteiger partial charge on any atom is 0.410 e. The third-order valence-corrected chi connectivity index (χ3v) is 23.3. The van der Waals surface area contributed by atoms with E-state index in [1.54, 1.807) is 54.4 Å². The molecule has 550 valence electrons. The summed E-state index contributed by atoms with van der Waals surface area (Å²) in [5.41, 5.74) is 11.1. The van der Waals surface area contributed by atoms with Crippen LogP contribution in [0.5, 0.6) is 0 Å². The van der Waals surface area contributed by atoms with Crippen molar-refractivity contribution in [3.05, 3.63) is 136 Å². The number of Topliss-reactive ketones (excluding diaryl/α,β-unsaturated/α-hetero) is 2. The van der Waals surface area contributed by atoms with Crippen molar-refractivity contribution >= 4 is 108 Å². The van der Waals surface area contributed by atoms with E-state index < -0.39 is 51.8 Å². The van der Waals surface area contributed by atoms with E-state index in [4.69, 9.17) is 20.6 Å². The number of nitrogens with zero attached hydrogens (tertiary/aromatic N) is 7. The number of primary amides is 1. The summed E-state index contributed by atoms with van der Waals surface area (Å²) in [6, 6.07) is 22.1. The largest absolute Gasteiger partial charge is 0.476 e. The fourth-order valence-electron chi connectivity index (χ4n) is 15.9. The number of rotatable bonds is 34. The molecule has 2 aliphatic carbocycles. The molecular weight excluding hydrogens is 1380 g/mol. The first kappa shape index (κ1) is 76.8. The number of para-hydroxylation sites is 1. The van der Waals surface area contributed by atoms with Gasteiger partial charge >= 0.3 is 18.1 Å². The summed E-state index contributed by atoms with van der Waals surface area (Å²) in [6.45, 7) is 14.0. The molecule has 6 atom stereocenters. The summed E-state index contributed by atoms with van der Waals surface area (Å²) in [4.78, 5) is 131. The van der Waals surface area contributed by atoms with Crippen molar-refractivity contribution in [1.29, 1.82) is 0 Å². The number of nitrogens with two attached hydrogens (primary N) is 1. The number of unbranched alkanes of at least 4 members (excludes halogenated alkanes) is 2. The molecule has 10 rings (SSSR count). The van der Waals surface area contributed by atoms with Crippen molar-refractivity contribution in [2.24, 2.45) is 34.3 Å². The number of nitrogens with one attached hydrogen (secondary N) is 3. The number of hydrogen-bond acceptors (Lipinski definition) is 18. The number of thioether (sulfide) groups is 1. The zero-order valence-electron chi connectivity index (χ0n) is 59.2. The minimum absolute atomic E-state index is 0.0433. The highest BCUT2D eigenvalue weighted by Gasteiger charge is 2.55. The van der Waals surface area contributed by atoms with E-state index in [1.807, 2.05) is 72.8 Å². The van der Waals surface area contributed by atoms with Crippen LogP contribution in [-0.2, 0) is 71.4 Å². The molecule has 0 spiro atoms. The quantitative estimate of drug-likeness (QED) is 0.0124. The molecule has 5 heterocycles. The number of pyridine rings is 1. The van der Waals surface area contributed by atoms with Crippen molar-refractivity contribution < 1.29 is 66.0 Å². The van der Waals surface area contributed by atoms with Gasteiger partial charge in [0.2, 0.25) is 5.91 Å². The minimum atomic E-state index is -4.47. The molecule has 4 aliphatic rings. The third kappa shape index (κ3) is 20.1. The molecule has 6 aromatic rings. The molecule has 3 aromatic carbocycles. The van der Waals surface area contributed by atoms with E-state index in [2.05, 4.69) is 41.7 Å². The smallest absolute Gasteiger partial charge is 0.410 e. The highest BCUT2D eigenvalue weighted by Crippen LogP contribution is 2.63. The lowest BCUT2D eigenvalue weighted by Gasteiger charge is -2.59. The Morgan fingerprint density at radius 2 is 1.62 bits per heavy atom. The van der Waals surface area contributed by atoms with Gasteiger partial charge in [0.1, 0.15) is 18.2 Å². The van der Waals surface area contributed by atoms with E-state index in [9.17, 15) is 61.2 Å². The van der Waals surface area contributed by atoms with Gasteiger partial charge in [-0.15, -0.1) is 0 Å².